The lowest BCUT2D eigenvalue weighted by Gasteiger charge is -2.59. The average Bonchev–Trinajstić information content (AvgIpc) is 2.40. The van der Waals surface area contributed by atoms with Crippen LogP contribution in [-0.4, -0.2) is 24.0 Å². The van der Waals surface area contributed by atoms with E-state index in [1.165, 1.54) is 64.5 Å². The van der Waals surface area contributed by atoms with E-state index in [1.807, 2.05) is 0 Å². The molecule has 20 heavy (non-hydrogen) atoms. The smallest absolute Gasteiger partial charge is 0.103 e. The molecule has 4 aliphatic carbocycles. The summed E-state index contributed by atoms with van der Waals surface area (Å²) >= 11 is 0. The van der Waals surface area contributed by atoms with Crippen LogP contribution in [0, 0.1) is 40.4 Å². The van der Waals surface area contributed by atoms with E-state index in [0.29, 0.717) is 5.41 Å². The summed E-state index contributed by atoms with van der Waals surface area (Å²) in [5.74, 6) is 3.74. The highest BCUT2D eigenvalue weighted by atomic mass is 15.2. The summed E-state index contributed by atoms with van der Waals surface area (Å²) in [6.45, 7) is 4.70. The van der Waals surface area contributed by atoms with Crippen molar-refractivity contribution >= 4 is 0 Å². The molecular formula is C18H28N2. The predicted octanol–water partition coefficient (Wildman–Crippen LogP) is 3.83. The molecular weight excluding hydrogens is 244 g/mol. The molecule has 4 bridgehead atoms. The second kappa shape index (κ2) is 4.73. The largest absolute Gasteiger partial charge is 0.288 e. The molecule has 1 atom stereocenters. The maximum Gasteiger partial charge on any atom is 0.103 e. The topological polar surface area (TPSA) is 27.0 Å². The Morgan fingerprint density at radius 3 is 1.95 bits per heavy atom. The molecule has 0 spiro atoms. The van der Waals surface area contributed by atoms with Crippen molar-refractivity contribution in [3.05, 3.63) is 0 Å². The van der Waals surface area contributed by atoms with Gasteiger partial charge < -0.3 is 0 Å². The lowest BCUT2D eigenvalue weighted by atomic mass is 9.47. The standard InChI is InChI=1S/C18H28N2/c1-13-2-4-20(5-3-13)17(12-19)18-9-14-6-15(10-18)8-16(7-14)11-18/h13-17H,2-11H2,1H3. The Kier molecular flexibility index (Phi) is 3.11. The zero-order chi connectivity index (χ0) is 13.7. The van der Waals surface area contributed by atoms with Gasteiger partial charge in [0.1, 0.15) is 6.04 Å². The molecule has 0 aromatic rings. The molecule has 1 unspecified atom stereocenters. The van der Waals surface area contributed by atoms with E-state index in [0.717, 1.165) is 23.7 Å². The number of nitrogens with zero attached hydrogens (tertiary/aromatic N) is 2. The third kappa shape index (κ3) is 2.01. The second-order valence-electron chi connectivity index (χ2n) is 8.53. The van der Waals surface area contributed by atoms with Gasteiger partial charge in [-0.05, 0) is 88.1 Å². The Labute approximate surface area is 123 Å². The van der Waals surface area contributed by atoms with E-state index in [4.69, 9.17) is 0 Å². The Bertz CT molecular complexity index is 378. The fourth-order valence-electron chi connectivity index (χ4n) is 6.41. The van der Waals surface area contributed by atoms with Crippen molar-refractivity contribution in [2.45, 2.75) is 64.3 Å². The molecule has 2 nitrogen and oxygen atoms in total. The van der Waals surface area contributed by atoms with Crippen molar-refractivity contribution in [2.24, 2.45) is 29.1 Å². The van der Waals surface area contributed by atoms with E-state index in [9.17, 15) is 5.26 Å². The first-order chi connectivity index (χ1) is 9.68. The number of likely N-dealkylation sites (tertiary alicyclic amines) is 1. The SMILES string of the molecule is CC1CCN(C(C#N)C23CC4CC(CC(C4)C2)C3)CC1. The van der Waals surface area contributed by atoms with Gasteiger partial charge in [0.05, 0.1) is 6.07 Å². The third-order valence-corrected chi connectivity index (χ3v) is 6.97. The molecule has 1 aliphatic heterocycles. The summed E-state index contributed by atoms with van der Waals surface area (Å²) in [5, 5.41) is 9.91. The molecule has 5 fully saturated rings. The minimum Gasteiger partial charge on any atom is -0.288 e. The summed E-state index contributed by atoms with van der Waals surface area (Å²) in [6.07, 6.45) is 11.1. The Hall–Kier alpha value is -0.550. The van der Waals surface area contributed by atoms with Gasteiger partial charge in [-0.2, -0.15) is 5.26 Å². The molecule has 110 valence electrons. The lowest BCUT2D eigenvalue weighted by Crippen LogP contribution is -2.57. The van der Waals surface area contributed by atoms with Crippen LogP contribution in [0.25, 0.3) is 0 Å². The van der Waals surface area contributed by atoms with E-state index >= 15 is 0 Å². The van der Waals surface area contributed by atoms with Crippen molar-refractivity contribution in [2.75, 3.05) is 13.1 Å². The normalized spacial score (nSPS) is 46.3. The van der Waals surface area contributed by atoms with Crippen LogP contribution in [0.2, 0.25) is 0 Å². The molecule has 0 N–H and O–H groups in total. The number of hydrogen-bond donors (Lipinski definition) is 0. The van der Waals surface area contributed by atoms with Crippen LogP contribution in [0.15, 0.2) is 0 Å². The summed E-state index contributed by atoms with van der Waals surface area (Å²) in [7, 11) is 0. The van der Waals surface area contributed by atoms with Gasteiger partial charge in [-0.25, -0.2) is 0 Å². The molecule has 5 aliphatic rings. The van der Waals surface area contributed by atoms with Crippen molar-refractivity contribution in [1.29, 1.82) is 5.26 Å². The zero-order valence-electron chi connectivity index (χ0n) is 12.9. The Balaban J connectivity index is 1.57. The molecule has 0 radical (unpaired) electrons. The Morgan fingerprint density at radius 1 is 1.00 bits per heavy atom. The first-order valence-electron chi connectivity index (χ1n) is 8.82. The van der Waals surface area contributed by atoms with Gasteiger partial charge in [0, 0.05) is 5.41 Å². The van der Waals surface area contributed by atoms with Crippen LogP contribution in [0.4, 0.5) is 0 Å². The van der Waals surface area contributed by atoms with Crippen molar-refractivity contribution in [3.63, 3.8) is 0 Å². The van der Waals surface area contributed by atoms with Crippen LogP contribution >= 0.6 is 0 Å². The summed E-state index contributed by atoms with van der Waals surface area (Å²) in [5.41, 5.74) is 0.379. The fraction of sp³-hybridized carbons (Fsp3) is 0.944. The third-order valence-electron chi connectivity index (χ3n) is 6.97. The highest BCUT2D eigenvalue weighted by Gasteiger charge is 2.55. The molecule has 1 heterocycles. The number of nitriles is 1. The number of rotatable bonds is 2. The van der Waals surface area contributed by atoms with Crippen LogP contribution in [-0.2, 0) is 0 Å². The van der Waals surface area contributed by atoms with Gasteiger partial charge in [0.25, 0.3) is 0 Å². The summed E-state index contributed by atoms with van der Waals surface area (Å²) in [6, 6.07) is 2.99. The van der Waals surface area contributed by atoms with Crippen LogP contribution in [0.1, 0.15) is 58.3 Å². The first kappa shape index (κ1) is 13.1. The monoisotopic (exact) mass is 272 g/mol. The first-order valence-corrected chi connectivity index (χ1v) is 8.82. The molecule has 5 rings (SSSR count). The highest BCUT2D eigenvalue weighted by molar-refractivity contribution is 5.13. The van der Waals surface area contributed by atoms with Crippen molar-refractivity contribution in [3.8, 4) is 6.07 Å². The maximum absolute atomic E-state index is 9.91. The highest BCUT2D eigenvalue weighted by Crippen LogP contribution is 2.62. The van der Waals surface area contributed by atoms with E-state index in [1.54, 1.807) is 0 Å². The van der Waals surface area contributed by atoms with E-state index < -0.39 is 0 Å². The molecule has 0 amide bonds. The molecule has 2 heteroatoms. The average molecular weight is 272 g/mol. The molecule has 4 saturated carbocycles. The van der Waals surface area contributed by atoms with Crippen LogP contribution in [0.3, 0.4) is 0 Å². The van der Waals surface area contributed by atoms with E-state index in [2.05, 4.69) is 17.9 Å². The van der Waals surface area contributed by atoms with Gasteiger partial charge in [-0.3, -0.25) is 4.90 Å². The number of piperidine rings is 1. The minimum absolute atomic E-state index is 0.225. The summed E-state index contributed by atoms with van der Waals surface area (Å²) < 4.78 is 0. The molecule has 0 aromatic heterocycles. The van der Waals surface area contributed by atoms with Crippen molar-refractivity contribution < 1.29 is 0 Å². The zero-order valence-corrected chi connectivity index (χ0v) is 12.9. The Morgan fingerprint density at radius 2 is 1.50 bits per heavy atom. The fourth-order valence-corrected chi connectivity index (χ4v) is 6.41. The van der Waals surface area contributed by atoms with Gasteiger partial charge in [0.2, 0.25) is 0 Å². The lowest BCUT2D eigenvalue weighted by molar-refractivity contribution is -0.0907. The second-order valence-corrected chi connectivity index (χ2v) is 8.53. The number of hydrogen-bond acceptors (Lipinski definition) is 2. The van der Waals surface area contributed by atoms with Gasteiger partial charge in [-0.1, -0.05) is 6.92 Å². The quantitative estimate of drug-likeness (QED) is 0.764. The van der Waals surface area contributed by atoms with E-state index in [-0.39, 0.29) is 6.04 Å². The molecule has 0 aromatic carbocycles. The minimum atomic E-state index is 0.225. The maximum atomic E-state index is 9.91. The van der Waals surface area contributed by atoms with Gasteiger partial charge >= 0.3 is 0 Å². The van der Waals surface area contributed by atoms with Gasteiger partial charge in [-0.15, -0.1) is 0 Å². The van der Waals surface area contributed by atoms with Gasteiger partial charge in [0.15, 0.2) is 0 Å². The summed E-state index contributed by atoms with van der Waals surface area (Å²) in [4.78, 5) is 2.56. The molecule has 1 saturated heterocycles. The predicted molar refractivity (Wildman–Crippen MR) is 80.0 cm³/mol. The van der Waals surface area contributed by atoms with Crippen LogP contribution < -0.4 is 0 Å². The van der Waals surface area contributed by atoms with Crippen LogP contribution in [0.5, 0.6) is 0 Å². The van der Waals surface area contributed by atoms with Crippen molar-refractivity contribution in [1.82, 2.24) is 4.90 Å².